The fraction of sp³-hybridized carbons (Fsp3) is 0.250. The van der Waals surface area contributed by atoms with Crippen molar-refractivity contribution in [2.45, 2.75) is 26.1 Å². The first-order valence-corrected chi connectivity index (χ1v) is 7.25. The van der Waals surface area contributed by atoms with Crippen LogP contribution in [0.4, 0.5) is 5.69 Å². The Hall–Kier alpha value is -1.91. The third-order valence-electron chi connectivity index (χ3n) is 3.70. The van der Waals surface area contributed by atoms with E-state index in [0.29, 0.717) is 18.1 Å². The molecule has 0 saturated carbocycles. The Morgan fingerprint density at radius 2 is 2.19 bits per heavy atom. The van der Waals surface area contributed by atoms with Crippen LogP contribution >= 0.6 is 11.6 Å². The standard InChI is InChI=1S/C16H16ClN3O/c1-11-16(21)20(10-13-6-7-18-9-14(13)17)15-5-3-2-4-12(15)8-19-11/h2-7,9,11,19H,8,10H2,1H3. The van der Waals surface area contributed by atoms with Crippen LogP contribution in [0.3, 0.4) is 0 Å². The number of para-hydroxylation sites is 1. The minimum Gasteiger partial charge on any atom is -0.306 e. The van der Waals surface area contributed by atoms with Gasteiger partial charge in [-0.3, -0.25) is 9.78 Å². The Labute approximate surface area is 128 Å². The predicted molar refractivity (Wildman–Crippen MR) is 83.2 cm³/mol. The van der Waals surface area contributed by atoms with E-state index in [-0.39, 0.29) is 11.9 Å². The second-order valence-electron chi connectivity index (χ2n) is 5.12. The molecule has 3 rings (SSSR count). The lowest BCUT2D eigenvalue weighted by Gasteiger charge is -2.25. The average Bonchev–Trinajstić information content (AvgIpc) is 2.62. The van der Waals surface area contributed by atoms with Crippen LogP contribution in [0.5, 0.6) is 0 Å². The molecule has 0 saturated heterocycles. The average molecular weight is 302 g/mol. The van der Waals surface area contributed by atoms with Crippen molar-refractivity contribution >= 4 is 23.2 Å². The summed E-state index contributed by atoms with van der Waals surface area (Å²) >= 11 is 6.18. The number of benzene rings is 1. The molecule has 1 N–H and O–H groups in total. The summed E-state index contributed by atoms with van der Waals surface area (Å²) in [6.07, 6.45) is 3.30. The number of halogens is 1. The van der Waals surface area contributed by atoms with E-state index in [4.69, 9.17) is 11.6 Å². The van der Waals surface area contributed by atoms with E-state index >= 15 is 0 Å². The molecule has 1 amide bonds. The fourth-order valence-corrected chi connectivity index (χ4v) is 2.67. The molecule has 0 radical (unpaired) electrons. The minimum absolute atomic E-state index is 0.0489. The Bertz CT molecular complexity index is 674. The molecule has 1 atom stereocenters. The van der Waals surface area contributed by atoms with Crippen LogP contribution in [-0.4, -0.2) is 16.9 Å². The Balaban J connectivity index is 2.01. The van der Waals surface area contributed by atoms with E-state index < -0.39 is 0 Å². The zero-order valence-electron chi connectivity index (χ0n) is 11.7. The van der Waals surface area contributed by atoms with Crippen molar-refractivity contribution in [3.63, 3.8) is 0 Å². The van der Waals surface area contributed by atoms with E-state index in [9.17, 15) is 4.79 Å². The third-order valence-corrected chi connectivity index (χ3v) is 4.04. The van der Waals surface area contributed by atoms with Gasteiger partial charge >= 0.3 is 0 Å². The number of nitrogens with zero attached hydrogens (tertiary/aromatic N) is 2. The topological polar surface area (TPSA) is 45.2 Å². The zero-order valence-corrected chi connectivity index (χ0v) is 12.5. The summed E-state index contributed by atoms with van der Waals surface area (Å²) in [5.74, 6) is 0.0489. The predicted octanol–water partition coefficient (Wildman–Crippen LogP) is 2.76. The molecule has 1 aromatic carbocycles. The molecular formula is C16H16ClN3O. The maximum absolute atomic E-state index is 12.6. The zero-order chi connectivity index (χ0) is 14.8. The summed E-state index contributed by atoms with van der Waals surface area (Å²) in [5, 5.41) is 3.82. The molecule has 2 aromatic rings. The molecular weight excluding hydrogens is 286 g/mol. The van der Waals surface area contributed by atoms with Gasteiger partial charge in [0.1, 0.15) is 0 Å². The molecule has 1 aliphatic rings. The highest BCUT2D eigenvalue weighted by molar-refractivity contribution is 6.31. The molecule has 1 aromatic heterocycles. The molecule has 0 aliphatic carbocycles. The number of aromatic nitrogens is 1. The van der Waals surface area contributed by atoms with Crippen LogP contribution < -0.4 is 10.2 Å². The molecule has 2 heterocycles. The lowest BCUT2D eigenvalue weighted by Crippen LogP contribution is -2.42. The van der Waals surface area contributed by atoms with Crippen molar-refractivity contribution < 1.29 is 4.79 Å². The van der Waals surface area contributed by atoms with E-state index in [1.54, 1.807) is 17.3 Å². The smallest absolute Gasteiger partial charge is 0.244 e. The first-order chi connectivity index (χ1) is 10.2. The number of hydrogen-bond acceptors (Lipinski definition) is 3. The normalized spacial score (nSPS) is 18.3. The molecule has 0 bridgehead atoms. The summed E-state index contributed by atoms with van der Waals surface area (Å²) in [7, 11) is 0. The SMILES string of the molecule is CC1NCc2ccccc2N(Cc2ccncc2Cl)C1=O. The molecule has 1 aliphatic heterocycles. The van der Waals surface area contributed by atoms with Crippen LogP contribution in [0.25, 0.3) is 0 Å². The molecule has 5 heteroatoms. The van der Waals surface area contributed by atoms with Gasteiger partial charge in [0.05, 0.1) is 17.6 Å². The highest BCUT2D eigenvalue weighted by Crippen LogP contribution is 2.27. The first-order valence-electron chi connectivity index (χ1n) is 6.88. The number of carbonyl (C=O) groups is 1. The number of carbonyl (C=O) groups excluding carboxylic acids is 1. The maximum atomic E-state index is 12.6. The number of fused-ring (bicyclic) bond motifs is 1. The highest BCUT2D eigenvalue weighted by atomic mass is 35.5. The minimum atomic E-state index is -0.224. The van der Waals surface area contributed by atoms with E-state index in [0.717, 1.165) is 16.8 Å². The first kappa shape index (κ1) is 14.0. The van der Waals surface area contributed by atoms with Gasteiger partial charge in [-0.1, -0.05) is 29.8 Å². The number of amides is 1. The molecule has 4 nitrogen and oxygen atoms in total. The van der Waals surface area contributed by atoms with Gasteiger partial charge in [-0.15, -0.1) is 0 Å². The molecule has 0 spiro atoms. The van der Waals surface area contributed by atoms with Gasteiger partial charge in [0.15, 0.2) is 0 Å². The van der Waals surface area contributed by atoms with Gasteiger partial charge in [0, 0.05) is 24.6 Å². The Kier molecular flexibility index (Phi) is 3.90. The quantitative estimate of drug-likeness (QED) is 0.928. The second-order valence-corrected chi connectivity index (χ2v) is 5.53. The number of rotatable bonds is 2. The molecule has 1 unspecified atom stereocenters. The van der Waals surface area contributed by atoms with Crippen LogP contribution in [0.2, 0.25) is 5.02 Å². The van der Waals surface area contributed by atoms with Gasteiger partial charge in [-0.25, -0.2) is 0 Å². The van der Waals surface area contributed by atoms with Crippen LogP contribution in [0.15, 0.2) is 42.7 Å². The van der Waals surface area contributed by atoms with Gasteiger partial charge in [0.25, 0.3) is 0 Å². The van der Waals surface area contributed by atoms with E-state index in [2.05, 4.69) is 10.3 Å². The van der Waals surface area contributed by atoms with Gasteiger partial charge in [-0.05, 0) is 30.2 Å². The van der Waals surface area contributed by atoms with Crippen molar-refractivity contribution in [3.05, 3.63) is 58.9 Å². The fourth-order valence-electron chi connectivity index (χ4n) is 2.49. The Morgan fingerprint density at radius 3 is 3.00 bits per heavy atom. The molecule has 21 heavy (non-hydrogen) atoms. The lowest BCUT2D eigenvalue weighted by atomic mass is 10.1. The number of pyridine rings is 1. The van der Waals surface area contributed by atoms with Crippen LogP contribution in [0.1, 0.15) is 18.1 Å². The summed E-state index contributed by atoms with van der Waals surface area (Å²) in [6, 6.07) is 9.57. The van der Waals surface area contributed by atoms with Gasteiger partial charge in [-0.2, -0.15) is 0 Å². The van der Waals surface area contributed by atoms with Crippen molar-refractivity contribution in [2.24, 2.45) is 0 Å². The van der Waals surface area contributed by atoms with Crippen molar-refractivity contribution in [3.8, 4) is 0 Å². The summed E-state index contributed by atoms with van der Waals surface area (Å²) in [4.78, 5) is 18.4. The van der Waals surface area contributed by atoms with Gasteiger partial charge < -0.3 is 10.2 Å². The summed E-state index contributed by atoms with van der Waals surface area (Å²) in [6.45, 7) is 3.02. The second kappa shape index (κ2) is 5.84. The van der Waals surface area contributed by atoms with E-state index in [1.165, 1.54) is 0 Å². The maximum Gasteiger partial charge on any atom is 0.244 e. The van der Waals surface area contributed by atoms with Crippen molar-refractivity contribution in [1.82, 2.24) is 10.3 Å². The van der Waals surface area contributed by atoms with Crippen LogP contribution in [0, 0.1) is 0 Å². The van der Waals surface area contributed by atoms with Crippen molar-refractivity contribution in [1.29, 1.82) is 0 Å². The lowest BCUT2D eigenvalue weighted by molar-refractivity contribution is -0.120. The third kappa shape index (κ3) is 2.77. The monoisotopic (exact) mass is 301 g/mol. The summed E-state index contributed by atoms with van der Waals surface area (Å²) < 4.78 is 0. The number of anilines is 1. The molecule has 108 valence electrons. The largest absolute Gasteiger partial charge is 0.306 e. The molecule has 0 fully saturated rings. The van der Waals surface area contributed by atoms with Crippen molar-refractivity contribution in [2.75, 3.05) is 4.90 Å². The number of hydrogen-bond donors (Lipinski definition) is 1. The van der Waals surface area contributed by atoms with Gasteiger partial charge in [0.2, 0.25) is 5.91 Å². The Morgan fingerprint density at radius 1 is 1.38 bits per heavy atom. The highest BCUT2D eigenvalue weighted by Gasteiger charge is 2.27. The van der Waals surface area contributed by atoms with E-state index in [1.807, 2.05) is 37.3 Å². The van der Waals surface area contributed by atoms with Crippen LogP contribution in [-0.2, 0) is 17.9 Å². The number of nitrogens with one attached hydrogen (secondary N) is 1. The summed E-state index contributed by atoms with van der Waals surface area (Å²) in [5.41, 5.74) is 2.94.